The lowest BCUT2D eigenvalue weighted by molar-refractivity contribution is 0.391. The van der Waals surface area contributed by atoms with Gasteiger partial charge in [-0.3, -0.25) is 0 Å². The summed E-state index contributed by atoms with van der Waals surface area (Å²) in [5.74, 6) is 0. The van der Waals surface area contributed by atoms with Crippen LogP contribution in [0.5, 0.6) is 0 Å². The van der Waals surface area contributed by atoms with E-state index in [-0.39, 0.29) is 0 Å². The summed E-state index contributed by atoms with van der Waals surface area (Å²) in [5, 5.41) is 3.40. The highest BCUT2D eigenvalue weighted by Crippen LogP contribution is 2.05. The second-order valence-electron chi connectivity index (χ2n) is 4.14. The van der Waals surface area contributed by atoms with Crippen molar-refractivity contribution in [1.29, 1.82) is 0 Å². The molecule has 0 aliphatic heterocycles. The van der Waals surface area contributed by atoms with Crippen molar-refractivity contribution in [3.05, 3.63) is 28.5 Å². The van der Waals surface area contributed by atoms with Crippen LogP contribution in [0.3, 0.4) is 0 Å². The van der Waals surface area contributed by atoms with Crippen LogP contribution in [0, 0.1) is 0 Å². The minimum absolute atomic E-state index is 0.849. The highest BCUT2D eigenvalue weighted by Gasteiger charge is 1.95. The van der Waals surface area contributed by atoms with Crippen molar-refractivity contribution in [1.82, 2.24) is 15.2 Å². The van der Waals surface area contributed by atoms with Gasteiger partial charge in [0, 0.05) is 6.54 Å². The monoisotopic (exact) mass is 285 g/mol. The van der Waals surface area contributed by atoms with Crippen LogP contribution in [-0.4, -0.2) is 37.1 Å². The molecule has 0 radical (unpaired) electrons. The predicted octanol–water partition coefficient (Wildman–Crippen LogP) is 2.28. The molecule has 90 valence electrons. The Kier molecular flexibility index (Phi) is 6.61. The summed E-state index contributed by atoms with van der Waals surface area (Å²) < 4.78 is 0.902. The summed E-state index contributed by atoms with van der Waals surface area (Å²) >= 11 is 3.37. The summed E-state index contributed by atoms with van der Waals surface area (Å²) in [4.78, 5) is 6.58. The van der Waals surface area contributed by atoms with E-state index in [0.717, 1.165) is 29.9 Å². The third kappa shape index (κ3) is 6.20. The molecule has 1 rings (SSSR count). The normalized spacial score (nSPS) is 11.0. The first-order valence-corrected chi connectivity index (χ1v) is 6.44. The van der Waals surface area contributed by atoms with Gasteiger partial charge in [0.05, 0.1) is 5.69 Å². The lowest BCUT2D eigenvalue weighted by Crippen LogP contribution is -2.18. The first kappa shape index (κ1) is 13.6. The third-order valence-electron chi connectivity index (χ3n) is 2.29. The first-order chi connectivity index (χ1) is 7.68. The molecule has 0 bridgehead atoms. The molecule has 0 unspecified atom stereocenters. The van der Waals surface area contributed by atoms with Crippen molar-refractivity contribution in [3.8, 4) is 0 Å². The maximum absolute atomic E-state index is 4.37. The lowest BCUT2D eigenvalue weighted by atomic mass is 10.3. The fraction of sp³-hybridized carbons (Fsp3) is 0.583. The number of halogens is 1. The minimum atomic E-state index is 0.849. The van der Waals surface area contributed by atoms with Gasteiger partial charge in [-0.15, -0.1) is 0 Å². The standard InChI is InChI=1S/C12H20BrN3/c1-16(2)9-4-3-8-14-10-11-6-5-7-12(13)15-11/h5-7,14H,3-4,8-10H2,1-2H3. The Morgan fingerprint density at radius 2 is 2.12 bits per heavy atom. The summed E-state index contributed by atoms with van der Waals surface area (Å²) in [5.41, 5.74) is 1.09. The molecule has 0 aliphatic rings. The number of pyridine rings is 1. The summed E-state index contributed by atoms with van der Waals surface area (Å²) in [6.07, 6.45) is 2.46. The quantitative estimate of drug-likeness (QED) is 0.615. The molecule has 0 saturated carbocycles. The lowest BCUT2D eigenvalue weighted by Gasteiger charge is -2.09. The van der Waals surface area contributed by atoms with Gasteiger partial charge in [0.25, 0.3) is 0 Å². The topological polar surface area (TPSA) is 28.2 Å². The molecule has 3 nitrogen and oxygen atoms in total. The largest absolute Gasteiger partial charge is 0.311 e. The number of hydrogen-bond acceptors (Lipinski definition) is 3. The van der Waals surface area contributed by atoms with Gasteiger partial charge >= 0.3 is 0 Å². The maximum atomic E-state index is 4.37. The van der Waals surface area contributed by atoms with Gasteiger partial charge in [0.15, 0.2) is 0 Å². The van der Waals surface area contributed by atoms with Crippen molar-refractivity contribution in [2.45, 2.75) is 19.4 Å². The molecule has 0 spiro atoms. The Balaban J connectivity index is 2.07. The van der Waals surface area contributed by atoms with Gasteiger partial charge in [-0.1, -0.05) is 6.07 Å². The predicted molar refractivity (Wildman–Crippen MR) is 71.4 cm³/mol. The Labute approximate surface area is 106 Å². The van der Waals surface area contributed by atoms with E-state index in [9.17, 15) is 0 Å². The van der Waals surface area contributed by atoms with Crippen LogP contribution in [0.25, 0.3) is 0 Å². The Bertz CT molecular complexity index is 302. The van der Waals surface area contributed by atoms with Gasteiger partial charge < -0.3 is 10.2 Å². The Hall–Kier alpha value is -0.450. The van der Waals surface area contributed by atoms with E-state index >= 15 is 0 Å². The molecular formula is C12H20BrN3. The van der Waals surface area contributed by atoms with Gasteiger partial charge in [0.2, 0.25) is 0 Å². The Morgan fingerprint density at radius 3 is 2.81 bits per heavy atom. The zero-order valence-corrected chi connectivity index (χ0v) is 11.6. The van der Waals surface area contributed by atoms with Crippen LogP contribution in [-0.2, 0) is 6.54 Å². The van der Waals surface area contributed by atoms with Gasteiger partial charge in [-0.05, 0) is 68.1 Å². The molecule has 0 saturated heterocycles. The molecule has 1 aromatic rings. The van der Waals surface area contributed by atoms with Gasteiger partial charge in [0.1, 0.15) is 4.60 Å². The zero-order chi connectivity index (χ0) is 11.8. The van der Waals surface area contributed by atoms with Crippen molar-refractivity contribution in [2.75, 3.05) is 27.2 Å². The first-order valence-electron chi connectivity index (χ1n) is 5.65. The average Bonchev–Trinajstić information content (AvgIpc) is 2.23. The molecule has 0 atom stereocenters. The van der Waals surface area contributed by atoms with Crippen molar-refractivity contribution in [3.63, 3.8) is 0 Å². The van der Waals surface area contributed by atoms with Crippen molar-refractivity contribution in [2.24, 2.45) is 0 Å². The highest BCUT2D eigenvalue weighted by molar-refractivity contribution is 9.10. The van der Waals surface area contributed by atoms with E-state index in [1.165, 1.54) is 12.8 Å². The fourth-order valence-electron chi connectivity index (χ4n) is 1.44. The summed E-state index contributed by atoms with van der Waals surface area (Å²) in [6, 6.07) is 6.00. The number of nitrogens with zero attached hydrogens (tertiary/aromatic N) is 2. The average molecular weight is 286 g/mol. The van der Waals surface area contributed by atoms with Crippen molar-refractivity contribution >= 4 is 15.9 Å². The molecule has 0 amide bonds. The van der Waals surface area contributed by atoms with Crippen LogP contribution in [0.2, 0.25) is 0 Å². The highest BCUT2D eigenvalue weighted by atomic mass is 79.9. The number of aromatic nitrogens is 1. The van der Waals surface area contributed by atoms with Gasteiger partial charge in [-0.2, -0.15) is 0 Å². The molecule has 0 aromatic carbocycles. The summed E-state index contributed by atoms with van der Waals surface area (Å²) in [6.45, 7) is 3.07. The van der Waals surface area contributed by atoms with Crippen LogP contribution >= 0.6 is 15.9 Å². The second kappa shape index (κ2) is 7.76. The van der Waals surface area contributed by atoms with E-state index in [2.05, 4.69) is 45.2 Å². The second-order valence-corrected chi connectivity index (χ2v) is 4.95. The van der Waals surface area contributed by atoms with Crippen LogP contribution < -0.4 is 5.32 Å². The SMILES string of the molecule is CN(C)CCCCNCc1cccc(Br)n1. The molecule has 0 fully saturated rings. The fourth-order valence-corrected chi connectivity index (χ4v) is 1.82. The summed E-state index contributed by atoms with van der Waals surface area (Å²) in [7, 11) is 4.22. The molecule has 4 heteroatoms. The minimum Gasteiger partial charge on any atom is -0.311 e. The molecule has 1 aromatic heterocycles. The number of rotatable bonds is 7. The Morgan fingerprint density at radius 1 is 1.31 bits per heavy atom. The van der Waals surface area contributed by atoms with Gasteiger partial charge in [-0.25, -0.2) is 4.98 Å². The van der Waals surface area contributed by atoms with Crippen LogP contribution in [0.1, 0.15) is 18.5 Å². The number of hydrogen-bond donors (Lipinski definition) is 1. The van der Waals surface area contributed by atoms with Crippen LogP contribution in [0.15, 0.2) is 22.8 Å². The molecule has 0 aliphatic carbocycles. The zero-order valence-electron chi connectivity index (χ0n) is 10.0. The van der Waals surface area contributed by atoms with E-state index < -0.39 is 0 Å². The molecular weight excluding hydrogens is 266 g/mol. The van der Waals surface area contributed by atoms with Crippen LogP contribution in [0.4, 0.5) is 0 Å². The van der Waals surface area contributed by atoms with Crippen molar-refractivity contribution < 1.29 is 0 Å². The van der Waals surface area contributed by atoms with E-state index in [0.29, 0.717) is 0 Å². The molecule has 16 heavy (non-hydrogen) atoms. The van der Waals surface area contributed by atoms with E-state index in [1.807, 2.05) is 18.2 Å². The number of unbranched alkanes of at least 4 members (excludes halogenated alkanes) is 1. The van der Waals surface area contributed by atoms with E-state index in [1.54, 1.807) is 0 Å². The smallest absolute Gasteiger partial charge is 0.106 e. The maximum Gasteiger partial charge on any atom is 0.106 e. The molecule has 1 N–H and O–H groups in total. The molecule has 1 heterocycles. The van der Waals surface area contributed by atoms with E-state index in [4.69, 9.17) is 0 Å². The third-order valence-corrected chi connectivity index (χ3v) is 2.73. The number of nitrogens with one attached hydrogen (secondary N) is 1.